The molecule has 0 saturated carbocycles. The molecule has 0 saturated heterocycles. The molecule has 1 N–H and O–H groups in total. The van der Waals surface area contributed by atoms with E-state index in [1.165, 1.54) is 30.5 Å². The number of halogens is 1. The Balaban J connectivity index is 1.77. The topological polar surface area (TPSA) is 75.3 Å². The van der Waals surface area contributed by atoms with Crippen molar-refractivity contribution in [3.63, 3.8) is 0 Å². The number of aryl methyl sites for hydroxylation is 1. The van der Waals surface area contributed by atoms with E-state index in [1.807, 2.05) is 32.0 Å². The molecule has 1 aromatic carbocycles. The van der Waals surface area contributed by atoms with Crippen LogP contribution in [0.15, 0.2) is 35.8 Å². The molecule has 0 aliphatic rings. The van der Waals surface area contributed by atoms with E-state index < -0.39 is 5.97 Å². The lowest BCUT2D eigenvalue weighted by Gasteiger charge is -2.21. The van der Waals surface area contributed by atoms with E-state index in [9.17, 15) is 9.59 Å². The summed E-state index contributed by atoms with van der Waals surface area (Å²) < 4.78 is 5.24. The van der Waals surface area contributed by atoms with Gasteiger partial charge >= 0.3 is 5.97 Å². The molecule has 1 amide bonds. The summed E-state index contributed by atoms with van der Waals surface area (Å²) in [6.45, 7) is 5.47. The number of H-pyrrole nitrogens is 1. The average Bonchev–Trinajstić information content (AvgIpc) is 3.26. The maximum atomic E-state index is 12.3. The fraction of sp³-hybridized carbons (Fsp3) is 0.211. The summed E-state index contributed by atoms with van der Waals surface area (Å²) >= 11 is 7.11. The van der Waals surface area contributed by atoms with Crippen LogP contribution in [0.3, 0.4) is 0 Å². The molecule has 3 rings (SSSR count). The Morgan fingerprint density at radius 1 is 1.33 bits per heavy atom. The van der Waals surface area contributed by atoms with Gasteiger partial charge in [-0.05, 0) is 37.1 Å². The standard InChI is InChI=1S/C19H18ClN3O3S/c1-11-5-4-6-17(12(11)2)23(13(3)24)19-22-15(10-27-19)9-26-18(25)16-7-14(20)8-21-16/h4-8,10,21H,9H2,1-3H3. The number of nitrogens with zero attached hydrogens (tertiary/aromatic N) is 2. The van der Waals surface area contributed by atoms with Crippen molar-refractivity contribution in [2.45, 2.75) is 27.4 Å². The van der Waals surface area contributed by atoms with Crippen LogP contribution in [0.25, 0.3) is 0 Å². The molecule has 2 aromatic heterocycles. The second-order valence-corrected chi connectivity index (χ2v) is 7.28. The Morgan fingerprint density at radius 2 is 2.11 bits per heavy atom. The van der Waals surface area contributed by atoms with Gasteiger partial charge in [0.2, 0.25) is 5.91 Å². The van der Waals surface area contributed by atoms with Gasteiger partial charge in [-0.25, -0.2) is 9.78 Å². The molecule has 6 nitrogen and oxygen atoms in total. The third kappa shape index (κ3) is 4.20. The van der Waals surface area contributed by atoms with Crippen molar-refractivity contribution >= 4 is 45.6 Å². The fourth-order valence-corrected chi connectivity index (χ4v) is 3.58. The van der Waals surface area contributed by atoms with Crippen LogP contribution in [0.4, 0.5) is 10.8 Å². The van der Waals surface area contributed by atoms with Crippen molar-refractivity contribution in [3.05, 3.63) is 63.4 Å². The quantitative estimate of drug-likeness (QED) is 0.622. The summed E-state index contributed by atoms with van der Waals surface area (Å²) in [5.74, 6) is -0.656. The monoisotopic (exact) mass is 403 g/mol. The van der Waals surface area contributed by atoms with Gasteiger partial charge in [0.25, 0.3) is 0 Å². The van der Waals surface area contributed by atoms with E-state index in [4.69, 9.17) is 16.3 Å². The molecular formula is C19H18ClN3O3S. The Labute approximate surface area is 165 Å². The van der Waals surface area contributed by atoms with Crippen molar-refractivity contribution < 1.29 is 14.3 Å². The summed E-state index contributed by atoms with van der Waals surface area (Å²) in [5.41, 5.74) is 3.74. The molecule has 0 fully saturated rings. The minimum atomic E-state index is -0.519. The van der Waals surface area contributed by atoms with Crippen LogP contribution in [0.5, 0.6) is 0 Å². The van der Waals surface area contributed by atoms with Gasteiger partial charge in [-0.1, -0.05) is 23.7 Å². The highest BCUT2D eigenvalue weighted by molar-refractivity contribution is 7.14. The van der Waals surface area contributed by atoms with Crippen LogP contribution in [0.2, 0.25) is 5.02 Å². The number of esters is 1. The van der Waals surface area contributed by atoms with E-state index >= 15 is 0 Å². The highest BCUT2D eigenvalue weighted by Gasteiger charge is 2.20. The van der Waals surface area contributed by atoms with Crippen LogP contribution in [-0.4, -0.2) is 21.8 Å². The number of aromatic nitrogens is 2. The van der Waals surface area contributed by atoms with Crippen molar-refractivity contribution in [2.24, 2.45) is 0 Å². The lowest BCUT2D eigenvalue weighted by molar-refractivity contribution is -0.115. The summed E-state index contributed by atoms with van der Waals surface area (Å²) in [5, 5.41) is 2.74. The number of hydrogen-bond donors (Lipinski definition) is 1. The second-order valence-electron chi connectivity index (χ2n) is 6.00. The number of thiazole rings is 1. The number of rotatable bonds is 5. The molecule has 0 atom stereocenters. The van der Waals surface area contributed by atoms with Crippen LogP contribution >= 0.6 is 22.9 Å². The number of carbonyl (C=O) groups is 2. The van der Waals surface area contributed by atoms with Gasteiger partial charge in [-0.15, -0.1) is 11.3 Å². The van der Waals surface area contributed by atoms with Crippen LogP contribution in [0.1, 0.15) is 34.2 Å². The summed E-state index contributed by atoms with van der Waals surface area (Å²) in [6, 6.07) is 7.29. The first-order chi connectivity index (χ1) is 12.9. The molecular weight excluding hydrogens is 386 g/mol. The molecule has 3 aromatic rings. The van der Waals surface area contributed by atoms with Crippen molar-refractivity contribution in [1.29, 1.82) is 0 Å². The van der Waals surface area contributed by atoms with Crippen LogP contribution in [-0.2, 0) is 16.1 Å². The maximum Gasteiger partial charge on any atom is 0.355 e. The van der Waals surface area contributed by atoms with Gasteiger partial charge in [0.15, 0.2) is 5.13 Å². The number of hydrogen-bond acceptors (Lipinski definition) is 5. The molecule has 0 unspecified atom stereocenters. The molecule has 27 heavy (non-hydrogen) atoms. The van der Waals surface area contributed by atoms with Gasteiger partial charge in [-0.2, -0.15) is 0 Å². The molecule has 0 aliphatic heterocycles. The van der Waals surface area contributed by atoms with Gasteiger partial charge < -0.3 is 9.72 Å². The van der Waals surface area contributed by atoms with Gasteiger partial charge in [-0.3, -0.25) is 9.69 Å². The van der Waals surface area contributed by atoms with Gasteiger partial charge in [0.05, 0.1) is 16.4 Å². The first-order valence-electron chi connectivity index (χ1n) is 8.19. The average molecular weight is 404 g/mol. The maximum absolute atomic E-state index is 12.3. The zero-order chi connectivity index (χ0) is 19.6. The third-order valence-corrected chi connectivity index (χ3v) is 5.17. The highest BCUT2D eigenvalue weighted by atomic mass is 35.5. The van der Waals surface area contributed by atoms with E-state index in [0.29, 0.717) is 15.8 Å². The predicted molar refractivity (Wildman–Crippen MR) is 106 cm³/mol. The first-order valence-corrected chi connectivity index (χ1v) is 9.45. The van der Waals surface area contributed by atoms with Gasteiger partial charge in [0, 0.05) is 18.5 Å². The first kappa shape index (κ1) is 19.1. The van der Waals surface area contributed by atoms with Crippen molar-refractivity contribution in [1.82, 2.24) is 9.97 Å². The number of amides is 1. The van der Waals surface area contributed by atoms with E-state index in [-0.39, 0.29) is 18.2 Å². The van der Waals surface area contributed by atoms with E-state index in [0.717, 1.165) is 16.8 Å². The molecule has 0 radical (unpaired) electrons. The molecule has 140 valence electrons. The molecule has 8 heteroatoms. The normalized spacial score (nSPS) is 10.7. The third-order valence-electron chi connectivity index (χ3n) is 4.08. The number of carbonyl (C=O) groups excluding carboxylic acids is 2. The minimum Gasteiger partial charge on any atom is -0.454 e. The largest absolute Gasteiger partial charge is 0.454 e. The zero-order valence-electron chi connectivity index (χ0n) is 15.1. The smallest absolute Gasteiger partial charge is 0.355 e. The minimum absolute atomic E-state index is 0.00448. The molecule has 2 heterocycles. The summed E-state index contributed by atoms with van der Waals surface area (Å²) in [7, 11) is 0. The number of nitrogens with one attached hydrogen (secondary N) is 1. The molecule has 0 bridgehead atoms. The Morgan fingerprint density at radius 3 is 2.78 bits per heavy atom. The number of ether oxygens (including phenoxy) is 1. The SMILES string of the molecule is CC(=O)N(c1nc(COC(=O)c2cc(Cl)c[nH]2)cs1)c1cccc(C)c1C. The van der Waals surface area contributed by atoms with Crippen molar-refractivity contribution in [2.75, 3.05) is 4.90 Å². The number of aromatic amines is 1. The van der Waals surface area contributed by atoms with E-state index in [2.05, 4.69) is 9.97 Å². The lowest BCUT2D eigenvalue weighted by Crippen LogP contribution is -2.23. The number of anilines is 2. The Bertz CT molecular complexity index is 996. The fourth-order valence-electron chi connectivity index (χ4n) is 2.55. The zero-order valence-corrected chi connectivity index (χ0v) is 16.6. The van der Waals surface area contributed by atoms with Gasteiger partial charge in [0.1, 0.15) is 12.3 Å². The second kappa shape index (κ2) is 7.94. The highest BCUT2D eigenvalue weighted by Crippen LogP contribution is 2.32. The summed E-state index contributed by atoms with van der Waals surface area (Å²) in [6.07, 6.45) is 1.51. The molecule has 0 aliphatic carbocycles. The van der Waals surface area contributed by atoms with Crippen LogP contribution < -0.4 is 4.90 Å². The van der Waals surface area contributed by atoms with E-state index in [1.54, 1.807) is 10.3 Å². The lowest BCUT2D eigenvalue weighted by atomic mass is 10.1. The van der Waals surface area contributed by atoms with Crippen LogP contribution in [0, 0.1) is 13.8 Å². The number of benzene rings is 1. The predicted octanol–water partition coefficient (Wildman–Crippen LogP) is 4.78. The Kier molecular flexibility index (Phi) is 5.62. The van der Waals surface area contributed by atoms with Crippen molar-refractivity contribution in [3.8, 4) is 0 Å². The molecule has 0 spiro atoms. The summed E-state index contributed by atoms with van der Waals surface area (Å²) in [4.78, 5) is 33.0. The Hall–Kier alpha value is -2.64.